The summed E-state index contributed by atoms with van der Waals surface area (Å²) in [5.74, 6) is 0.240. The van der Waals surface area contributed by atoms with Crippen LogP contribution in [-0.4, -0.2) is 36.5 Å². The Labute approximate surface area is 73.1 Å². The molecule has 0 aromatic rings. The minimum atomic E-state index is 0.240. The summed E-state index contributed by atoms with van der Waals surface area (Å²) in [5, 5.41) is 2.92. The molecule has 1 amide bonds. The Morgan fingerprint density at radius 2 is 2.25 bits per heavy atom. The largest absolute Gasteiger partial charge is 0.355 e. The van der Waals surface area contributed by atoms with Gasteiger partial charge in [-0.3, -0.25) is 9.69 Å². The molecular weight excluding hydrogens is 152 g/mol. The molecule has 1 N–H and O–H groups in total. The number of nitrogens with one attached hydrogen (secondary N) is 1. The Bertz CT molecular complexity index is 181. The predicted octanol–water partition coefficient (Wildman–Crippen LogP) is 0.361. The summed E-state index contributed by atoms with van der Waals surface area (Å²) in [4.78, 5) is 13.7. The molecule has 3 nitrogen and oxygen atoms in total. The van der Waals surface area contributed by atoms with Gasteiger partial charge in [-0.05, 0) is 19.4 Å². The number of rotatable bonds is 0. The molecular formula is C9H16N2O. The summed E-state index contributed by atoms with van der Waals surface area (Å²) in [7, 11) is 0. The molecule has 0 radical (unpaired) electrons. The summed E-state index contributed by atoms with van der Waals surface area (Å²) < 4.78 is 0. The van der Waals surface area contributed by atoms with Gasteiger partial charge in [0.05, 0.1) is 0 Å². The second-order valence-electron chi connectivity index (χ2n) is 3.74. The number of fused-ring (bicyclic) bond motifs is 1. The molecule has 0 aromatic heterocycles. The van der Waals surface area contributed by atoms with Gasteiger partial charge < -0.3 is 5.32 Å². The third kappa shape index (κ3) is 1.61. The van der Waals surface area contributed by atoms with Crippen LogP contribution in [0.5, 0.6) is 0 Å². The van der Waals surface area contributed by atoms with E-state index >= 15 is 0 Å². The first-order valence-electron chi connectivity index (χ1n) is 4.87. The Hall–Kier alpha value is -0.570. The molecule has 2 rings (SSSR count). The average Bonchev–Trinajstić information content (AvgIpc) is 2.25. The van der Waals surface area contributed by atoms with E-state index in [4.69, 9.17) is 0 Å². The zero-order chi connectivity index (χ0) is 8.39. The number of carbonyl (C=O) groups excluding carboxylic acids is 1. The fourth-order valence-electron chi connectivity index (χ4n) is 2.21. The number of nitrogens with zero attached hydrogens (tertiary/aromatic N) is 1. The quantitative estimate of drug-likeness (QED) is 0.566. The van der Waals surface area contributed by atoms with Crippen LogP contribution in [0.25, 0.3) is 0 Å². The van der Waals surface area contributed by atoms with Crippen molar-refractivity contribution in [3.8, 4) is 0 Å². The van der Waals surface area contributed by atoms with Crippen LogP contribution in [0.1, 0.15) is 25.7 Å². The Kier molecular flexibility index (Phi) is 2.30. The fourth-order valence-corrected chi connectivity index (χ4v) is 2.21. The lowest BCUT2D eigenvalue weighted by molar-refractivity contribution is -0.121. The van der Waals surface area contributed by atoms with E-state index in [0.29, 0.717) is 6.04 Å². The van der Waals surface area contributed by atoms with Gasteiger partial charge in [0.25, 0.3) is 0 Å². The van der Waals surface area contributed by atoms with Crippen LogP contribution < -0.4 is 5.32 Å². The van der Waals surface area contributed by atoms with Crippen LogP contribution in [0.2, 0.25) is 0 Å². The van der Waals surface area contributed by atoms with Crippen molar-refractivity contribution in [1.82, 2.24) is 10.2 Å². The number of carbonyl (C=O) groups is 1. The lowest BCUT2D eigenvalue weighted by atomic mass is 10.00. The van der Waals surface area contributed by atoms with Gasteiger partial charge >= 0.3 is 0 Å². The van der Waals surface area contributed by atoms with Crippen LogP contribution in [0.15, 0.2) is 0 Å². The van der Waals surface area contributed by atoms with Crippen LogP contribution >= 0.6 is 0 Å². The van der Waals surface area contributed by atoms with E-state index in [1.165, 1.54) is 25.8 Å². The van der Waals surface area contributed by atoms with E-state index in [9.17, 15) is 4.79 Å². The van der Waals surface area contributed by atoms with E-state index in [2.05, 4.69) is 10.2 Å². The lowest BCUT2D eigenvalue weighted by Crippen LogP contribution is -2.40. The van der Waals surface area contributed by atoms with Crippen molar-refractivity contribution in [2.75, 3.05) is 19.6 Å². The van der Waals surface area contributed by atoms with Gasteiger partial charge in [0.2, 0.25) is 5.91 Å². The molecule has 2 aliphatic rings. The van der Waals surface area contributed by atoms with Gasteiger partial charge in [-0.1, -0.05) is 6.42 Å². The van der Waals surface area contributed by atoms with Crippen LogP contribution in [0.3, 0.4) is 0 Å². The molecule has 3 heteroatoms. The zero-order valence-corrected chi connectivity index (χ0v) is 7.38. The highest BCUT2D eigenvalue weighted by Gasteiger charge is 2.26. The second-order valence-corrected chi connectivity index (χ2v) is 3.74. The smallest absolute Gasteiger partial charge is 0.221 e. The normalized spacial score (nSPS) is 32.0. The number of hydrogen-bond donors (Lipinski definition) is 1. The highest BCUT2D eigenvalue weighted by molar-refractivity contribution is 5.76. The predicted molar refractivity (Wildman–Crippen MR) is 46.8 cm³/mol. The molecule has 0 aromatic carbocycles. The standard InChI is InChI=1S/C9H16N2O/c12-9-7-8-3-1-2-5-11(8)6-4-10-9/h8H,1-7H2,(H,10,12). The van der Waals surface area contributed by atoms with Crippen LogP contribution in [-0.2, 0) is 4.79 Å². The Morgan fingerprint density at radius 3 is 3.17 bits per heavy atom. The molecule has 1 atom stereocenters. The first kappa shape index (κ1) is 8.05. The van der Waals surface area contributed by atoms with Crippen molar-refractivity contribution >= 4 is 5.91 Å². The van der Waals surface area contributed by atoms with Gasteiger partial charge in [-0.15, -0.1) is 0 Å². The van der Waals surface area contributed by atoms with Crippen molar-refractivity contribution in [2.24, 2.45) is 0 Å². The average molecular weight is 168 g/mol. The second kappa shape index (κ2) is 3.44. The highest BCUT2D eigenvalue weighted by atomic mass is 16.1. The van der Waals surface area contributed by atoms with Gasteiger partial charge in [-0.2, -0.15) is 0 Å². The van der Waals surface area contributed by atoms with E-state index in [1.807, 2.05) is 0 Å². The third-order valence-electron chi connectivity index (χ3n) is 2.89. The van der Waals surface area contributed by atoms with Gasteiger partial charge in [0.1, 0.15) is 0 Å². The number of amides is 1. The molecule has 0 spiro atoms. The van der Waals surface area contributed by atoms with Gasteiger partial charge in [0.15, 0.2) is 0 Å². The van der Waals surface area contributed by atoms with E-state index < -0.39 is 0 Å². The Morgan fingerprint density at radius 1 is 1.33 bits per heavy atom. The number of hydrogen-bond acceptors (Lipinski definition) is 2. The maximum atomic E-state index is 11.2. The van der Waals surface area contributed by atoms with Crippen LogP contribution in [0, 0.1) is 0 Å². The first-order chi connectivity index (χ1) is 5.86. The summed E-state index contributed by atoms with van der Waals surface area (Å²) in [5.41, 5.74) is 0. The summed E-state index contributed by atoms with van der Waals surface area (Å²) >= 11 is 0. The SMILES string of the molecule is O=C1CC2CCCCN2CCN1. The van der Waals surface area contributed by atoms with Gasteiger partial charge in [-0.25, -0.2) is 0 Å². The molecule has 0 saturated carbocycles. The maximum absolute atomic E-state index is 11.2. The minimum Gasteiger partial charge on any atom is -0.355 e. The maximum Gasteiger partial charge on any atom is 0.221 e. The molecule has 0 aliphatic carbocycles. The monoisotopic (exact) mass is 168 g/mol. The van der Waals surface area contributed by atoms with Crippen molar-refractivity contribution in [3.05, 3.63) is 0 Å². The van der Waals surface area contributed by atoms with E-state index in [-0.39, 0.29) is 5.91 Å². The Balaban J connectivity index is 2.01. The fraction of sp³-hybridized carbons (Fsp3) is 0.889. The molecule has 68 valence electrons. The first-order valence-corrected chi connectivity index (χ1v) is 4.87. The zero-order valence-electron chi connectivity index (χ0n) is 7.38. The van der Waals surface area contributed by atoms with Crippen molar-refractivity contribution in [2.45, 2.75) is 31.7 Å². The van der Waals surface area contributed by atoms with Crippen molar-refractivity contribution in [1.29, 1.82) is 0 Å². The van der Waals surface area contributed by atoms with E-state index in [0.717, 1.165) is 19.5 Å². The van der Waals surface area contributed by atoms with Crippen molar-refractivity contribution in [3.63, 3.8) is 0 Å². The third-order valence-corrected chi connectivity index (χ3v) is 2.89. The molecule has 1 unspecified atom stereocenters. The molecule has 2 saturated heterocycles. The minimum absolute atomic E-state index is 0.240. The highest BCUT2D eigenvalue weighted by Crippen LogP contribution is 2.20. The molecule has 12 heavy (non-hydrogen) atoms. The topological polar surface area (TPSA) is 32.3 Å². The summed E-state index contributed by atoms with van der Waals surface area (Å²) in [6.45, 7) is 3.09. The molecule has 2 aliphatic heterocycles. The lowest BCUT2D eigenvalue weighted by Gasteiger charge is -2.32. The van der Waals surface area contributed by atoms with E-state index in [1.54, 1.807) is 0 Å². The van der Waals surface area contributed by atoms with Crippen LogP contribution in [0.4, 0.5) is 0 Å². The molecule has 0 bridgehead atoms. The summed E-state index contributed by atoms with van der Waals surface area (Å²) in [6, 6.07) is 0.543. The summed E-state index contributed by atoms with van der Waals surface area (Å²) in [6.07, 6.45) is 4.55. The number of piperidine rings is 1. The van der Waals surface area contributed by atoms with Gasteiger partial charge in [0, 0.05) is 25.6 Å². The molecule has 2 fully saturated rings. The molecule has 2 heterocycles. The van der Waals surface area contributed by atoms with Crippen molar-refractivity contribution < 1.29 is 4.79 Å².